The van der Waals surface area contributed by atoms with E-state index in [9.17, 15) is 9.59 Å². The molecule has 0 aliphatic carbocycles. The van der Waals surface area contributed by atoms with Crippen LogP contribution < -0.4 is 5.32 Å². The number of carbonyl (C=O) groups excluding carboxylic acids is 2. The molecule has 6 nitrogen and oxygen atoms in total. The van der Waals surface area contributed by atoms with E-state index in [1.165, 1.54) is 0 Å². The van der Waals surface area contributed by atoms with Crippen LogP contribution in [0.3, 0.4) is 0 Å². The van der Waals surface area contributed by atoms with Crippen molar-refractivity contribution < 1.29 is 14.3 Å². The van der Waals surface area contributed by atoms with Crippen LogP contribution in [0.5, 0.6) is 0 Å². The summed E-state index contributed by atoms with van der Waals surface area (Å²) in [6.07, 6.45) is 1.91. The first-order valence-electron chi connectivity index (χ1n) is 10.1. The van der Waals surface area contributed by atoms with Gasteiger partial charge in [-0.2, -0.15) is 0 Å². The van der Waals surface area contributed by atoms with Gasteiger partial charge >= 0.3 is 5.97 Å². The minimum Gasteiger partial charge on any atom is -0.462 e. The number of ether oxygens (including phenoxy) is 1. The maximum atomic E-state index is 12.5. The van der Waals surface area contributed by atoms with E-state index < -0.39 is 0 Å². The van der Waals surface area contributed by atoms with Crippen LogP contribution in [0, 0.1) is 20.8 Å². The molecular formula is C24H27N3O3. The van der Waals surface area contributed by atoms with Crippen LogP contribution in [0.4, 0.5) is 5.82 Å². The monoisotopic (exact) mass is 405 g/mol. The van der Waals surface area contributed by atoms with Crippen LogP contribution in [-0.4, -0.2) is 28.0 Å². The predicted octanol–water partition coefficient (Wildman–Crippen LogP) is 4.68. The van der Waals surface area contributed by atoms with Gasteiger partial charge in [-0.25, -0.2) is 9.78 Å². The summed E-state index contributed by atoms with van der Waals surface area (Å²) >= 11 is 0. The van der Waals surface area contributed by atoms with Crippen LogP contribution >= 0.6 is 0 Å². The zero-order valence-electron chi connectivity index (χ0n) is 17.9. The highest BCUT2D eigenvalue weighted by molar-refractivity contribution is 5.93. The summed E-state index contributed by atoms with van der Waals surface area (Å²) in [5, 5.41) is 2.86. The molecule has 6 heteroatoms. The highest BCUT2D eigenvalue weighted by Gasteiger charge is 2.20. The van der Waals surface area contributed by atoms with Gasteiger partial charge in [0, 0.05) is 30.6 Å². The number of esters is 1. The molecule has 0 aliphatic heterocycles. The highest BCUT2D eigenvalue weighted by Crippen LogP contribution is 2.27. The minimum absolute atomic E-state index is 0.127. The Bertz CT molecular complexity index is 1050. The smallest absolute Gasteiger partial charge is 0.339 e. The van der Waals surface area contributed by atoms with Gasteiger partial charge in [-0.1, -0.05) is 35.9 Å². The molecule has 0 spiro atoms. The lowest BCUT2D eigenvalue weighted by Crippen LogP contribution is -2.17. The topological polar surface area (TPSA) is 73.2 Å². The molecule has 0 fully saturated rings. The average Bonchev–Trinajstić information content (AvgIpc) is 3.05. The number of rotatable bonds is 7. The summed E-state index contributed by atoms with van der Waals surface area (Å²) in [4.78, 5) is 29.2. The number of nitrogens with zero attached hydrogens (tertiary/aromatic N) is 2. The van der Waals surface area contributed by atoms with Crippen molar-refractivity contribution in [2.45, 2.75) is 40.7 Å². The first-order valence-corrected chi connectivity index (χ1v) is 10.1. The Balaban J connectivity index is 1.86. The van der Waals surface area contributed by atoms with Crippen molar-refractivity contribution in [3.05, 3.63) is 71.0 Å². The van der Waals surface area contributed by atoms with E-state index in [0.717, 1.165) is 28.1 Å². The number of pyridine rings is 1. The number of nitrogens with one attached hydrogen (secondary N) is 1. The number of carbonyl (C=O) groups is 2. The first kappa shape index (κ1) is 21.3. The van der Waals surface area contributed by atoms with Crippen LogP contribution in [-0.2, 0) is 16.1 Å². The van der Waals surface area contributed by atoms with Crippen molar-refractivity contribution in [2.75, 3.05) is 11.9 Å². The van der Waals surface area contributed by atoms with Gasteiger partial charge in [0.05, 0.1) is 12.2 Å². The van der Waals surface area contributed by atoms with Crippen LogP contribution in [0.2, 0.25) is 0 Å². The molecule has 2 aromatic heterocycles. The average molecular weight is 405 g/mol. The Labute approximate surface area is 176 Å². The summed E-state index contributed by atoms with van der Waals surface area (Å²) in [5.74, 6) is 0.0887. The summed E-state index contributed by atoms with van der Waals surface area (Å²) in [5.41, 5.74) is 5.24. The molecule has 0 saturated carbocycles. The molecular weight excluding hydrogens is 378 g/mol. The summed E-state index contributed by atoms with van der Waals surface area (Å²) in [7, 11) is 0. The van der Waals surface area contributed by atoms with Gasteiger partial charge in [-0.05, 0) is 51.0 Å². The number of hydrogen-bond acceptors (Lipinski definition) is 4. The van der Waals surface area contributed by atoms with E-state index in [0.29, 0.717) is 24.5 Å². The summed E-state index contributed by atoms with van der Waals surface area (Å²) in [6.45, 7) is 8.35. The number of aryl methyl sites for hydroxylation is 2. The third kappa shape index (κ3) is 4.76. The molecule has 1 aromatic carbocycles. The summed E-state index contributed by atoms with van der Waals surface area (Å²) < 4.78 is 7.21. The fourth-order valence-corrected chi connectivity index (χ4v) is 3.34. The quantitative estimate of drug-likeness (QED) is 0.579. The standard InChI is InChI=1S/C24H27N3O3/c1-5-30-24(29)20-15-21(19-10-8-16(2)9-11-19)27(18(20)4)14-12-22(28)26-23-17(3)7-6-13-25-23/h6-11,13,15H,5,12,14H2,1-4H3,(H,25,26,28). The summed E-state index contributed by atoms with van der Waals surface area (Å²) in [6, 6.07) is 13.7. The SMILES string of the molecule is CCOC(=O)c1cc(-c2ccc(C)cc2)n(CCC(=O)Nc2ncccc2C)c1C. The van der Waals surface area contributed by atoms with Crippen molar-refractivity contribution >= 4 is 17.7 Å². The van der Waals surface area contributed by atoms with Gasteiger partial charge in [0.15, 0.2) is 0 Å². The fourth-order valence-electron chi connectivity index (χ4n) is 3.34. The third-order valence-electron chi connectivity index (χ3n) is 5.04. The van der Waals surface area contributed by atoms with E-state index in [4.69, 9.17) is 4.74 Å². The van der Waals surface area contributed by atoms with Crippen molar-refractivity contribution in [1.82, 2.24) is 9.55 Å². The van der Waals surface area contributed by atoms with Gasteiger partial charge in [0.1, 0.15) is 5.82 Å². The first-order chi connectivity index (χ1) is 14.4. The van der Waals surface area contributed by atoms with Crippen molar-refractivity contribution in [3.63, 3.8) is 0 Å². The lowest BCUT2D eigenvalue weighted by atomic mass is 10.1. The molecule has 0 radical (unpaired) electrons. The van der Waals surface area contributed by atoms with Crippen molar-refractivity contribution in [3.8, 4) is 11.3 Å². The van der Waals surface area contributed by atoms with Gasteiger partial charge in [-0.3, -0.25) is 4.79 Å². The van der Waals surface area contributed by atoms with Gasteiger partial charge in [0.2, 0.25) is 5.91 Å². The number of amides is 1. The molecule has 1 N–H and O–H groups in total. The zero-order chi connectivity index (χ0) is 21.7. The maximum Gasteiger partial charge on any atom is 0.339 e. The fraction of sp³-hybridized carbons (Fsp3) is 0.292. The molecule has 0 aliphatic rings. The Morgan fingerprint density at radius 2 is 1.83 bits per heavy atom. The predicted molar refractivity (Wildman–Crippen MR) is 118 cm³/mol. The molecule has 0 bridgehead atoms. The number of anilines is 1. The lowest BCUT2D eigenvalue weighted by Gasteiger charge is -2.13. The Kier molecular flexibility index (Phi) is 6.67. The van der Waals surface area contributed by atoms with Gasteiger partial charge < -0.3 is 14.6 Å². The Morgan fingerprint density at radius 1 is 1.10 bits per heavy atom. The van der Waals surface area contributed by atoms with E-state index in [2.05, 4.69) is 10.3 Å². The minimum atomic E-state index is -0.351. The second kappa shape index (κ2) is 9.39. The Hall–Kier alpha value is -3.41. The zero-order valence-corrected chi connectivity index (χ0v) is 17.9. The van der Waals surface area contributed by atoms with Crippen LogP contribution in [0.15, 0.2) is 48.7 Å². The van der Waals surface area contributed by atoms with E-state index in [-0.39, 0.29) is 18.3 Å². The molecule has 30 heavy (non-hydrogen) atoms. The Morgan fingerprint density at radius 3 is 2.50 bits per heavy atom. The van der Waals surface area contributed by atoms with Gasteiger partial charge in [0.25, 0.3) is 0 Å². The van der Waals surface area contributed by atoms with E-state index in [1.807, 2.05) is 67.8 Å². The number of hydrogen-bond donors (Lipinski definition) is 1. The highest BCUT2D eigenvalue weighted by atomic mass is 16.5. The van der Waals surface area contributed by atoms with E-state index >= 15 is 0 Å². The third-order valence-corrected chi connectivity index (χ3v) is 5.04. The molecule has 3 rings (SSSR count). The maximum absolute atomic E-state index is 12.5. The van der Waals surface area contributed by atoms with E-state index in [1.54, 1.807) is 13.1 Å². The van der Waals surface area contributed by atoms with Crippen molar-refractivity contribution in [1.29, 1.82) is 0 Å². The number of aromatic nitrogens is 2. The van der Waals surface area contributed by atoms with Gasteiger partial charge in [-0.15, -0.1) is 0 Å². The normalized spacial score (nSPS) is 10.7. The molecule has 1 amide bonds. The number of benzene rings is 1. The molecule has 156 valence electrons. The van der Waals surface area contributed by atoms with Crippen LogP contribution in [0.1, 0.15) is 40.5 Å². The largest absolute Gasteiger partial charge is 0.462 e. The second-order valence-electron chi connectivity index (χ2n) is 7.23. The van der Waals surface area contributed by atoms with Crippen molar-refractivity contribution in [2.24, 2.45) is 0 Å². The van der Waals surface area contributed by atoms with Crippen LogP contribution in [0.25, 0.3) is 11.3 Å². The molecule has 0 unspecified atom stereocenters. The molecule has 0 atom stereocenters. The molecule has 2 heterocycles. The molecule has 3 aromatic rings. The second-order valence-corrected chi connectivity index (χ2v) is 7.23. The molecule has 0 saturated heterocycles. The lowest BCUT2D eigenvalue weighted by molar-refractivity contribution is -0.116.